The van der Waals surface area contributed by atoms with Gasteiger partial charge in [-0.25, -0.2) is 13.2 Å². The predicted octanol–water partition coefficient (Wildman–Crippen LogP) is 4.02. The standard InChI is InChI=1S/C20H16Cl2N4O4S/c21-14-9-15(22)11-18(10-14)31(29,30)24-16-3-4-19-13(8-16)5-7-26(19)20(27)23-17-2-1-6-25(28)12-17/h1-4,6,8-12,24H,5,7H2,(H,23,27). The molecule has 2 aromatic carbocycles. The van der Waals surface area contributed by atoms with Gasteiger partial charge in [-0.3, -0.25) is 9.62 Å². The van der Waals surface area contributed by atoms with E-state index in [0.29, 0.717) is 34.8 Å². The predicted molar refractivity (Wildman–Crippen MR) is 119 cm³/mol. The smallest absolute Gasteiger partial charge is 0.326 e. The second-order valence-corrected chi connectivity index (χ2v) is 9.39. The van der Waals surface area contributed by atoms with E-state index >= 15 is 0 Å². The number of pyridine rings is 1. The highest BCUT2D eigenvalue weighted by Gasteiger charge is 2.26. The number of halogens is 2. The largest absolute Gasteiger partial charge is 0.619 e. The molecule has 0 spiro atoms. The van der Waals surface area contributed by atoms with Crippen LogP contribution in [0.15, 0.2) is 65.8 Å². The van der Waals surface area contributed by atoms with Crippen LogP contribution in [-0.4, -0.2) is 21.0 Å². The highest BCUT2D eigenvalue weighted by Crippen LogP contribution is 2.32. The van der Waals surface area contributed by atoms with E-state index in [-0.39, 0.29) is 21.0 Å². The Bertz CT molecular complexity index is 1260. The molecule has 2 heterocycles. The van der Waals surface area contributed by atoms with Crippen LogP contribution in [0.5, 0.6) is 0 Å². The molecule has 0 bridgehead atoms. The van der Waals surface area contributed by atoms with Crippen molar-refractivity contribution < 1.29 is 17.9 Å². The number of fused-ring (bicyclic) bond motifs is 1. The molecule has 0 radical (unpaired) electrons. The van der Waals surface area contributed by atoms with Gasteiger partial charge in [0.1, 0.15) is 5.69 Å². The Morgan fingerprint density at radius 2 is 1.81 bits per heavy atom. The lowest BCUT2D eigenvalue weighted by molar-refractivity contribution is -0.604. The molecular weight excluding hydrogens is 463 g/mol. The number of benzene rings is 2. The Kier molecular flexibility index (Phi) is 5.65. The average Bonchev–Trinajstić information content (AvgIpc) is 3.10. The van der Waals surface area contributed by atoms with Crippen molar-refractivity contribution in [3.63, 3.8) is 0 Å². The molecule has 0 fully saturated rings. The molecule has 160 valence electrons. The van der Waals surface area contributed by atoms with Gasteiger partial charge in [-0.05, 0) is 54.4 Å². The number of nitrogens with one attached hydrogen (secondary N) is 2. The first-order valence-corrected chi connectivity index (χ1v) is 11.3. The topological polar surface area (TPSA) is 105 Å². The minimum Gasteiger partial charge on any atom is -0.619 e. The fourth-order valence-electron chi connectivity index (χ4n) is 3.29. The quantitative estimate of drug-likeness (QED) is 0.436. The lowest BCUT2D eigenvalue weighted by Crippen LogP contribution is -2.34. The number of amides is 2. The van der Waals surface area contributed by atoms with Crippen LogP contribution >= 0.6 is 23.2 Å². The maximum atomic E-state index is 12.7. The van der Waals surface area contributed by atoms with Crippen LogP contribution in [0.2, 0.25) is 10.0 Å². The van der Waals surface area contributed by atoms with E-state index in [1.165, 1.54) is 41.6 Å². The van der Waals surface area contributed by atoms with Gasteiger partial charge < -0.3 is 10.5 Å². The van der Waals surface area contributed by atoms with Crippen molar-refractivity contribution >= 4 is 56.3 Å². The number of rotatable bonds is 4. The van der Waals surface area contributed by atoms with E-state index in [1.54, 1.807) is 24.3 Å². The molecule has 11 heteroatoms. The number of aromatic nitrogens is 1. The van der Waals surface area contributed by atoms with Crippen LogP contribution in [0.25, 0.3) is 0 Å². The van der Waals surface area contributed by atoms with Crippen LogP contribution in [-0.2, 0) is 16.4 Å². The molecule has 1 aliphatic rings. The molecule has 0 saturated carbocycles. The molecule has 0 unspecified atom stereocenters. The third-order valence-electron chi connectivity index (χ3n) is 4.65. The minimum atomic E-state index is -3.89. The summed E-state index contributed by atoms with van der Waals surface area (Å²) in [5.41, 5.74) is 2.21. The van der Waals surface area contributed by atoms with Crippen LogP contribution in [0.3, 0.4) is 0 Å². The number of hydrogen-bond donors (Lipinski definition) is 2. The normalized spacial score (nSPS) is 13.0. The van der Waals surface area contributed by atoms with Crippen LogP contribution in [0, 0.1) is 5.21 Å². The highest BCUT2D eigenvalue weighted by atomic mass is 35.5. The molecule has 1 aliphatic heterocycles. The van der Waals surface area contributed by atoms with Crippen LogP contribution in [0.4, 0.5) is 21.9 Å². The van der Waals surface area contributed by atoms with Crippen molar-refractivity contribution in [1.29, 1.82) is 0 Å². The van der Waals surface area contributed by atoms with Gasteiger partial charge in [0.2, 0.25) is 6.20 Å². The molecule has 2 amide bonds. The molecule has 2 N–H and O–H groups in total. The first-order valence-electron chi connectivity index (χ1n) is 9.10. The molecule has 0 aliphatic carbocycles. The SMILES string of the molecule is O=C(Nc1ccc[n+]([O-])c1)N1CCc2cc(NS(=O)(=O)c3cc(Cl)cc(Cl)c3)ccc21. The van der Waals surface area contributed by atoms with Gasteiger partial charge in [0.25, 0.3) is 10.0 Å². The zero-order valence-corrected chi connectivity index (χ0v) is 18.2. The Labute approximate surface area is 188 Å². The summed E-state index contributed by atoms with van der Waals surface area (Å²) in [6.45, 7) is 0.422. The molecular formula is C20H16Cl2N4O4S. The van der Waals surface area contributed by atoms with Gasteiger partial charge in [-0.2, -0.15) is 4.73 Å². The average molecular weight is 479 g/mol. The Balaban J connectivity index is 1.52. The van der Waals surface area contributed by atoms with E-state index in [4.69, 9.17) is 23.2 Å². The van der Waals surface area contributed by atoms with E-state index in [1.807, 2.05) is 0 Å². The van der Waals surface area contributed by atoms with Crippen molar-refractivity contribution in [2.75, 3.05) is 21.5 Å². The number of nitrogens with zero attached hydrogens (tertiary/aromatic N) is 2. The summed E-state index contributed by atoms with van der Waals surface area (Å²) in [7, 11) is -3.89. The van der Waals surface area contributed by atoms with Crippen molar-refractivity contribution in [3.05, 3.63) is 81.7 Å². The van der Waals surface area contributed by atoms with E-state index in [9.17, 15) is 18.4 Å². The number of carbonyl (C=O) groups is 1. The first kappa shape index (κ1) is 21.2. The summed E-state index contributed by atoms with van der Waals surface area (Å²) in [5.74, 6) is 0. The Hall–Kier alpha value is -3.01. The second kappa shape index (κ2) is 8.26. The molecule has 3 aromatic rings. The van der Waals surface area contributed by atoms with E-state index < -0.39 is 10.0 Å². The third-order valence-corrected chi connectivity index (χ3v) is 6.44. The van der Waals surface area contributed by atoms with Crippen LogP contribution < -0.4 is 19.7 Å². The zero-order valence-electron chi connectivity index (χ0n) is 15.9. The fourth-order valence-corrected chi connectivity index (χ4v) is 5.07. The van der Waals surface area contributed by atoms with Gasteiger partial charge in [0.05, 0.1) is 4.90 Å². The summed E-state index contributed by atoms with van der Waals surface area (Å²) in [6.07, 6.45) is 3.13. The van der Waals surface area contributed by atoms with Crippen LogP contribution in [0.1, 0.15) is 5.56 Å². The Morgan fingerprint density at radius 3 is 2.52 bits per heavy atom. The summed E-state index contributed by atoms with van der Waals surface area (Å²) in [5, 5.41) is 14.5. The lowest BCUT2D eigenvalue weighted by atomic mass is 10.1. The van der Waals surface area contributed by atoms with E-state index in [2.05, 4.69) is 10.0 Å². The van der Waals surface area contributed by atoms with Gasteiger partial charge in [-0.15, -0.1) is 0 Å². The lowest BCUT2D eigenvalue weighted by Gasteiger charge is -2.18. The fraction of sp³-hybridized carbons (Fsp3) is 0.100. The number of anilines is 3. The number of sulfonamides is 1. The number of carbonyl (C=O) groups excluding carboxylic acids is 1. The first-order chi connectivity index (χ1) is 14.7. The monoisotopic (exact) mass is 478 g/mol. The molecule has 1 aromatic heterocycles. The van der Waals surface area contributed by atoms with Crippen molar-refractivity contribution in [2.24, 2.45) is 0 Å². The summed E-state index contributed by atoms with van der Waals surface area (Å²) in [6, 6.07) is 11.8. The third kappa shape index (κ3) is 4.68. The minimum absolute atomic E-state index is 0.0509. The summed E-state index contributed by atoms with van der Waals surface area (Å²) < 4.78 is 28.5. The summed E-state index contributed by atoms with van der Waals surface area (Å²) in [4.78, 5) is 14.1. The molecule has 0 atom stereocenters. The molecule has 31 heavy (non-hydrogen) atoms. The van der Waals surface area contributed by atoms with E-state index in [0.717, 1.165) is 5.56 Å². The van der Waals surface area contributed by atoms with Gasteiger partial charge >= 0.3 is 6.03 Å². The van der Waals surface area contributed by atoms with Crippen molar-refractivity contribution in [2.45, 2.75) is 11.3 Å². The number of urea groups is 1. The molecule has 0 saturated heterocycles. The molecule has 8 nitrogen and oxygen atoms in total. The van der Waals surface area contributed by atoms with Gasteiger partial charge in [0.15, 0.2) is 6.20 Å². The maximum Gasteiger partial charge on any atom is 0.326 e. The highest BCUT2D eigenvalue weighted by molar-refractivity contribution is 7.92. The Morgan fingerprint density at radius 1 is 1.06 bits per heavy atom. The van der Waals surface area contributed by atoms with Gasteiger partial charge in [-0.1, -0.05) is 23.2 Å². The molecule has 4 rings (SSSR count). The zero-order chi connectivity index (χ0) is 22.2. The number of hydrogen-bond acceptors (Lipinski definition) is 4. The van der Waals surface area contributed by atoms with Gasteiger partial charge in [0, 0.05) is 34.0 Å². The maximum absolute atomic E-state index is 12.7. The van der Waals surface area contributed by atoms with Crippen molar-refractivity contribution in [1.82, 2.24) is 0 Å². The summed E-state index contributed by atoms with van der Waals surface area (Å²) >= 11 is 11.8. The second-order valence-electron chi connectivity index (χ2n) is 6.84. The van der Waals surface area contributed by atoms with Crippen molar-refractivity contribution in [3.8, 4) is 0 Å².